The lowest BCUT2D eigenvalue weighted by atomic mass is 10.00. The molecule has 1 aromatic carbocycles. The Labute approximate surface area is 88.5 Å². The van der Waals surface area contributed by atoms with E-state index in [2.05, 4.69) is 12.6 Å². The molecule has 0 amide bonds. The molecule has 0 nitrogen and oxygen atoms in total. The zero-order valence-electron chi connectivity index (χ0n) is 7.84. The van der Waals surface area contributed by atoms with Crippen molar-refractivity contribution in [2.45, 2.75) is 18.6 Å². The largest absolute Gasteiger partial charge is 0.203 e. The summed E-state index contributed by atoms with van der Waals surface area (Å²) in [5.41, 5.74) is -0.928. The van der Waals surface area contributed by atoms with Gasteiger partial charge in [-0.3, -0.25) is 0 Å². The molecule has 0 aromatic heterocycles. The minimum atomic E-state index is -2.16. The predicted molar refractivity (Wildman–Crippen MR) is 48.2 cm³/mol. The average molecular weight is 242 g/mol. The quantitative estimate of drug-likeness (QED) is 0.331. The Balaban J connectivity index is 3.68. The van der Waals surface area contributed by atoms with Gasteiger partial charge in [-0.15, -0.1) is 0 Å². The first-order chi connectivity index (χ1) is 6.68. The van der Waals surface area contributed by atoms with E-state index in [0.717, 1.165) is 0 Å². The van der Waals surface area contributed by atoms with Gasteiger partial charge in [0.05, 0.1) is 0 Å². The molecule has 1 rings (SSSR count). The van der Waals surface area contributed by atoms with E-state index < -0.39 is 39.4 Å². The van der Waals surface area contributed by atoms with Gasteiger partial charge in [-0.1, -0.05) is 0 Å². The number of halogens is 5. The summed E-state index contributed by atoms with van der Waals surface area (Å²) >= 11 is 3.78. The zero-order valence-corrected chi connectivity index (χ0v) is 8.73. The van der Waals surface area contributed by atoms with Gasteiger partial charge in [0.15, 0.2) is 23.3 Å². The van der Waals surface area contributed by atoms with Crippen molar-refractivity contribution in [2.24, 2.45) is 0 Å². The first-order valence-corrected chi connectivity index (χ1v) is 4.37. The van der Waals surface area contributed by atoms with E-state index in [0.29, 0.717) is 0 Å². The summed E-state index contributed by atoms with van der Waals surface area (Å²) in [5.74, 6) is -9.75. The van der Waals surface area contributed by atoms with Crippen molar-refractivity contribution < 1.29 is 22.0 Å². The molecule has 0 saturated heterocycles. The third kappa shape index (κ3) is 1.95. The van der Waals surface area contributed by atoms with Gasteiger partial charge in [0, 0.05) is 10.3 Å². The molecule has 1 aromatic rings. The SMILES string of the molecule is CC(C)(S)c1c(F)c(F)c(F)c(F)c1F. The molecule has 0 aliphatic carbocycles. The van der Waals surface area contributed by atoms with E-state index in [1.165, 1.54) is 13.8 Å². The van der Waals surface area contributed by atoms with Gasteiger partial charge in [-0.05, 0) is 13.8 Å². The van der Waals surface area contributed by atoms with Gasteiger partial charge in [-0.25, -0.2) is 22.0 Å². The topological polar surface area (TPSA) is 0 Å². The third-order valence-electron chi connectivity index (χ3n) is 1.82. The fourth-order valence-corrected chi connectivity index (χ4v) is 1.34. The Bertz CT molecular complexity index is 379. The van der Waals surface area contributed by atoms with Gasteiger partial charge in [-0.2, -0.15) is 12.6 Å². The fourth-order valence-electron chi connectivity index (χ4n) is 1.14. The summed E-state index contributed by atoms with van der Waals surface area (Å²) in [6.07, 6.45) is 0. The van der Waals surface area contributed by atoms with Crippen molar-refractivity contribution in [1.29, 1.82) is 0 Å². The lowest BCUT2D eigenvalue weighted by Crippen LogP contribution is -2.17. The monoisotopic (exact) mass is 242 g/mol. The van der Waals surface area contributed by atoms with Gasteiger partial charge in [0.25, 0.3) is 0 Å². The first-order valence-electron chi connectivity index (χ1n) is 3.92. The maximum atomic E-state index is 13.1. The van der Waals surface area contributed by atoms with Gasteiger partial charge in [0.2, 0.25) is 5.82 Å². The zero-order chi connectivity index (χ0) is 12.0. The molecule has 0 saturated carbocycles. The van der Waals surface area contributed by atoms with Gasteiger partial charge in [0.1, 0.15) is 0 Å². The molecule has 0 unspecified atom stereocenters. The smallest absolute Gasteiger partial charge is 0.200 e. The van der Waals surface area contributed by atoms with Crippen LogP contribution in [0.3, 0.4) is 0 Å². The number of benzene rings is 1. The Kier molecular flexibility index (Phi) is 3.00. The van der Waals surface area contributed by atoms with E-state index >= 15 is 0 Å². The highest BCUT2D eigenvalue weighted by molar-refractivity contribution is 7.81. The van der Waals surface area contributed by atoms with Crippen LogP contribution in [-0.4, -0.2) is 0 Å². The summed E-state index contributed by atoms with van der Waals surface area (Å²) in [6, 6.07) is 0. The van der Waals surface area contributed by atoms with Crippen molar-refractivity contribution >= 4 is 12.6 Å². The highest BCUT2D eigenvalue weighted by Gasteiger charge is 2.32. The summed E-state index contributed by atoms with van der Waals surface area (Å²) in [5, 5.41) is 0. The second-order valence-corrected chi connectivity index (χ2v) is 4.62. The maximum Gasteiger partial charge on any atom is 0.200 e. The summed E-state index contributed by atoms with van der Waals surface area (Å²) in [6.45, 7) is 2.46. The molecule has 0 heterocycles. The van der Waals surface area contributed by atoms with Crippen molar-refractivity contribution in [3.05, 3.63) is 34.6 Å². The molecule has 0 aliphatic heterocycles. The molecule has 6 heteroatoms. The fraction of sp³-hybridized carbons (Fsp3) is 0.333. The van der Waals surface area contributed by atoms with E-state index in [4.69, 9.17) is 0 Å². The Morgan fingerprint density at radius 2 is 1.00 bits per heavy atom. The predicted octanol–water partition coefficient (Wildman–Crippen LogP) is 3.55. The van der Waals surface area contributed by atoms with E-state index in [1.807, 2.05) is 0 Å². The van der Waals surface area contributed by atoms with Crippen LogP contribution in [0.1, 0.15) is 19.4 Å². The standard InChI is InChI=1S/C9H7F5S/c1-9(2,15)3-4(10)6(12)8(14)7(13)5(3)11/h15H,1-2H3. The number of rotatable bonds is 1. The minimum Gasteiger partial charge on any atom is -0.203 e. The Morgan fingerprint density at radius 3 is 1.27 bits per heavy atom. The van der Waals surface area contributed by atoms with Crippen LogP contribution in [-0.2, 0) is 4.75 Å². The minimum absolute atomic E-state index is 0.928. The van der Waals surface area contributed by atoms with Crippen LogP contribution in [0.2, 0.25) is 0 Å². The van der Waals surface area contributed by atoms with Crippen molar-refractivity contribution in [3.63, 3.8) is 0 Å². The van der Waals surface area contributed by atoms with Gasteiger partial charge >= 0.3 is 0 Å². The molecule has 0 bridgehead atoms. The van der Waals surface area contributed by atoms with E-state index in [9.17, 15) is 22.0 Å². The second kappa shape index (κ2) is 3.66. The number of hydrogen-bond donors (Lipinski definition) is 1. The number of hydrogen-bond acceptors (Lipinski definition) is 1. The van der Waals surface area contributed by atoms with Crippen LogP contribution >= 0.6 is 12.6 Å². The third-order valence-corrected chi connectivity index (χ3v) is 2.05. The normalized spacial score (nSPS) is 12.0. The molecule has 15 heavy (non-hydrogen) atoms. The summed E-state index contributed by atoms with van der Waals surface area (Å²) < 4.78 is 62.9. The lowest BCUT2D eigenvalue weighted by Gasteiger charge is -2.20. The van der Waals surface area contributed by atoms with Crippen LogP contribution in [0, 0.1) is 29.1 Å². The lowest BCUT2D eigenvalue weighted by molar-refractivity contribution is 0.364. The number of thiol groups is 1. The molecule has 0 spiro atoms. The van der Waals surface area contributed by atoms with E-state index in [-0.39, 0.29) is 0 Å². The van der Waals surface area contributed by atoms with Crippen molar-refractivity contribution in [2.75, 3.05) is 0 Å². The maximum absolute atomic E-state index is 13.1. The Morgan fingerprint density at radius 1 is 0.733 bits per heavy atom. The van der Waals surface area contributed by atoms with Crippen LogP contribution in [0.15, 0.2) is 0 Å². The summed E-state index contributed by atoms with van der Waals surface area (Å²) in [7, 11) is 0. The van der Waals surface area contributed by atoms with Crippen LogP contribution in [0.5, 0.6) is 0 Å². The van der Waals surface area contributed by atoms with Crippen molar-refractivity contribution in [1.82, 2.24) is 0 Å². The highest BCUT2D eigenvalue weighted by Crippen LogP contribution is 2.34. The second-order valence-electron chi connectivity index (χ2n) is 3.50. The molecule has 84 valence electrons. The van der Waals surface area contributed by atoms with E-state index in [1.54, 1.807) is 0 Å². The van der Waals surface area contributed by atoms with Crippen LogP contribution in [0.25, 0.3) is 0 Å². The first kappa shape index (κ1) is 12.3. The van der Waals surface area contributed by atoms with Gasteiger partial charge < -0.3 is 0 Å². The molecular weight excluding hydrogens is 235 g/mol. The summed E-state index contributed by atoms with van der Waals surface area (Å²) in [4.78, 5) is 0. The van der Waals surface area contributed by atoms with Crippen LogP contribution in [0.4, 0.5) is 22.0 Å². The molecule has 0 aliphatic rings. The molecule has 0 atom stereocenters. The highest BCUT2D eigenvalue weighted by atomic mass is 32.1. The average Bonchev–Trinajstić information content (AvgIpc) is 2.09. The molecular formula is C9H7F5S. The molecule has 0 radical (unpaired) electrons. The molecule has 0 fully saturated rings. The van der Waals surface area contributed by atoms with Crippen molar-refractivity contribution in [3.8, 4) is 0 Å². The van der Waals surface area contributed by atoms with Crippen LogP contribution < -0.4 is 0 Å². The Hall–Kier alpha value is -0.780. The molecule has 0 N–H and O–H groups in total.